The van der Waals surface area contributed by atoms with Crippen molar-refractivity contribution in [1.29, 1.82) is 0 Å². The fourth-order valence-corrected chi connectivity index (χ4v) is 2.25. The Balaban J connectivity index is 1.99. The van der Waals surface area contributed by atoms with Crippen molar-refractivity contribution >= 4 is 11.9 Å². The molecular weight excluding hydrogens is 302 g/mol. The smallest absolute Gasteiger partial charge is 0.270 e. The predicted molar refractivity (Wildman–Crippen MR) is 96.2 cm³/mol. The number of hydrogen-bond acceptors (Lipinski definition) is 5. The van der Waals surface area contributed by atoms with Crippen LogP contribution >= 0.6 is 0 Å². The van der Waals surface area contributed by atoms with Crippen LogP contribution in [0.5, 0.6) is 0 Å². The number of aryl methyl sites for hydroxylation is 2. The van der Waals surface area contributed by atoms with Gasteiger partial charge in [0.05, 0.1) is 0 Å². The molecule has 6 heteroatoms. The minimum Gasteiger partial charge on any atom is -0.353 e. The van der Waals surface area contributed by atoms with E-state index in [1.54, 1.807) is 6.07 Å². The fraction of sp³-hybridized carbons (Fsp3) is 0.389. The van der Waals surface area contributed by atoms with E-state index in [0.29, 0.717) is 18.2 Å². The summed E-state index contributed by atoms with van der Waals surface area (Å²) in [5.41, 5.74) is 3.38. The summed E-state index contributed by atoms with van der Waals surface area (Å²) in [6.45, 7) is 5.96. The van der Waals surface area contributed by atoms with E-state index in [1.165, 1.54) is 5.56 Å². The van der Waals surface area contributed by atoms with Crippen molar-refractivity contribution in [3.05, 3.63) is 52.8 Å². The first kappa shape index (κ1) is 17.9. The number of likely N-dealkylation sites (N-methyl/N-ethyl adjacent to an activating group) is 1. The summed E-state index contributed by atoms with van der Waals surface area (Å²) in [5.74, 6) is 0.287. The van der Waals surface area contributed by atoms with Gasteiger partial charge in [0, 0.05) is 25.3 Å². The Kier molecular flexibility index (Phi) is 6.26. The van der Waals surface area contributed by atoms with Gasteiger partial charge in [-0.2, -0.15) is 0 Å². The fourth-order valence-electron chi connectivity index (χ4n) is 2.25. The maximum atomic E-state index is 12.4. The summed E-state index contributed by atoms with van der Waals surface area (Å²) >= 11 is 0. The summed E-state index contributed by atoms with van der Waals surface area (Å²) in [6.07, 6.45) is 0. The number of aromatic nitrogens is 2. The van der Waals surface area contributed by atoms with Crippen LogP contribution in [0.25, 0.3) is 0 Å². The van der Waals surface area contributed by atoms with E-state index < -0.39 is 0 Å². The van der Waals surface area contributed by atoms with Crippen LogP contribution in [0.4, 0.5) is 5.95 Å². The molecule has 0 aliphatic heterocycles. The van der Waals surface area contributed by atoms with Crippen LogP contribution in [0, 0.1) is 13.8 Å². The van der Waals surface area contributed by atoms with Crippen LogP contribution in [0.15, 0.2) is 30.3 Å². The molecule has 0 radical (unpaired) electrons. The van der Waals surface area contributed by atoms with Gasteiger partial charge in [-0.05, 0) is 39.6 Å². The van der Waals surface area contributed by atoms with Gasteiger partial charge in [0.15, 0.2) is 0 Å². The van der Waals surface area contributed by atoms with Crippen LogP contribution in [0.3, 0.4) is 0 Å². The second-order valence-electron chi connectivity index (χ2n) is 6.12. The third-order valence-electron chi connectivity index (χ3n) is 3.46. The zero-order chi connectivity index (χ0) is 17.5. The predicted octanol–water partition coefficient (Wildman–Crippen LogP) is 2.00. The Morgan fingerprint density at radius 3 is 2.67 bits per heavy atom. The maximum absolute atomic E-state index is 12.4. The highest BCUT2D eigenvalue weighted by molar-refractivity contribution is 5.92. The first-order valence-electron chi connectivity index (χ1n) is 8.02. The molecule has 0 atom stereocenters. The number of carbonyl (C=O) groups is 1. The topological polar surface area (TPSA) is 70.2 Å². The minimum absolute atomic E-state index is 0.197. The molecule has 1 aromatic heterocycles. The molecule has 2 rings (SSSR count). The Morgan fingerprint density at radius 1 is 1.17 bits per heavy atom. The zero-order valence-corrected chi connectivity index (χ0v) is 14.8. The first-order chi connectivity index (χ1) is 11.4. The Morgan fingerprint density at radius 2 is 1.96 bits per heavy atom. The van der Waals surface area contributed by atoms with Crippen molar-refractivity contribution in [2.45, 2.75) is 20.4 Å². The number of rotatable bonds is 7. The highest BCUT2D eigenvalue weighted by Crippen LogP contribution is 2.07. The van der Waals surface area contributed by atoms with Gasteiger partial charge < -0.3 is 15.5 Å². The quantitative estimate of drug-likeness (QED) is 0.814. The number of carbonyl (C=O) groups excluding carboxylic acids is 1. The van der Waals surface area contributed by atoms with E-state index in [4.69, 9.17) is 0 Å². The van der Waals surface area contributed by atoms with Crippen LogP contribution in [0.1, 0.15) is 27.3 Å². The van der Waals surface area contributed by atoms with Crippen LogP contribution < -0.4 is 10.6 Å². The maximum Gasteiger partial charge on any atom is 0.270 e. The SMILES string of the molecule is Cc1cccc(CNC(=O)c2cc(C)nc(NCCN(C)C)n2)c1. The molecule has 1 aromatic carbocycles. The summed E-state index contributed by atoms with van der Waals surface area (Å²) in [7, 11) is 4.01. The van der Waals surface area contributed by atoms with E-state index in [-0.39, 0.29) is 5.91 Å². The number of benzene rings is 1. The molecule has 1 amide bonds. The molecule has 0 aliphatic rings. The van der Waals surface area contributed by atoms with Gasteiger partial charge >= 0.3 is 0 Å². The van der Waals surface area contributed by atoms with Crippen molar-refractivity contribution in [3.63, 3.8) is 0 Å². The molecule has 24 heavy (non-hydrogen) atoms. The summed E-state index contributed by atoms with van der Waals surface area (Å²) < 4.78 is 0. The monoisotopic (exact) mass is 327 g/mol. The van der Waals surface area contributed by atoms with Crippen LogP contribution in [0.2, 0.25) is 0 Å². The van der Waals surface area contributed by atoms with E-state index >= 15 is 0 Å². The van der Waals surface area contributed by atoms with Crippen molar-refractivity contribution in [2.24, 2.45) is 0 Å². The third-order valence-corrected chi connectivity index (χ3v) is 3.46. The largest absolute Gasteiger partial charge is 0.353 e. The van der Waals surface area contributed by atoms with Gasteiger partial charge in [-0.1, -0.05) is 29.8 Å². The van der Waals surface area contributed by atoms with Crippen molar-refractivity contribution in [2.75, 3.05) is 32.5 Å². The number of nitrogens with zero attached hydrogens (tertiary/aromatic N) is 3. The highest BCUT2D eigenvalue weighted by Gasteiger charge is 2.10. The van der Waals surface area contributed by atoms with Gasteiger partial charge in [-0.25, -0.2) is 9.97 Å². The van der Waals surface area contributed by atoms with Crippen molar-refractivity contribution < 1.29 is 4.79 Å². The van der Waals surface area contributed by atoms with Crippen LogP contribution in [-0.4, -0.2) is 48.0 Å². The Hall–Kier alpha value is -2.47. The van der Waals surface area contributed by atoms with Crippen molar-refractivity contribution in [1.82, 2.24) is 20.2 Å². The average molecular weight is 327 g/mol. The molecule has 2 aromatic rings. The number of nitrogens with one attached hydrogen (secondary N) is 2. The third kappa shape index (κ3) is 5.62. The lowest BCUT2D eigenvalue weighted by atomic mass is 10.1. The van der Waals surface area contributed by atoms with Gasteiger partial charge in [-0.3, -0.25) is 4.79 Å². The standard InChI is InChI=1S/C18H25N5O/c1-13-6-5-7-15(10-13)12-20-17(24)16-11-14(2)21-18(22-16)19-8-9-23(3)4/h5-7,10-11H,8-9,12H2,1-4H3,(H,20,24)(H,19,21,22). The minimum atomic E-state index is -0.197. The second-order valence-corrected chi connectivity index (χ2v) is 6.12. The van der Waals surface area contributed by atoms with Crippen LogP contribution in [-0.2, 0) is 6.54 Å². The highest BCUT2D eigenvalue weighted by atomic mass is 16.1. The molecule has 0 unspecified atom stereocenters. The number of hydrogen-bond donors (Lipinski definition) is 2. The molecule has 0 aliphatic carbocycles. The molecule has 0 spiro atoms. The summed E-state index contributed by atoms with van der Waals surface area (Å²) in [4.78, 5) is 23.0. The van der Waals surface area contributed by atoms with Gasteiger partial charge in [-0.15, -0.1) is 0 Å². The molecule has 0 saturated carbocycles. The lowest BCUT2D eigenvalue weighted by molar-refractivity contribution is 0.0945. The zero-order valence-electron chi connectivity index (χ0n) is 14.8. The molecule has 1 heterocycles. The molecule has 6 nitrogen and oxygen atoms in total. The van der Waals surface area contributed by atoms with Gasteiger partial charge in [0.1, 0.15) is 5.69 Å². The second kappa shape index (κ2) is 8.40. The van der Waals surface area contributed by atoms with Gasteiger partial charge in [0.25, 0.3) is 5.91 Å². The Bertz CT molecular complexity index is 700. The molecular formula is C18H25N5O. The lowest BCUT2D eigenvalue weighted by Gasteiger charge is -2.11. The van der Waals surface area contributed by atoms with E-state index in [9.17, 15) is 4.79 Å². The normalized spacial score (nSPS) is 10.7. The molecule has 0 bridgehead atoms. The molecule has 128 valence electrons. The molecule has 0 fully saturated rings. The number of anilines is 1. The van der Waals surface area contributed by atoms with E-state index in [1.807, 2.05) is 46.1 Å². The molecule has 0 saturated heterocycles. The van der Waals surface area contributed by atoms with E-state index in [2.05, 4.69) is 31.6 Å². The summed E-state index contributed by atoms with van der Waals surface area (Å²) in [6, 6.07) is 9.76. The molecule has 2 N–H and O–H groups in total. The van der Waals surface area contributed by atoms with E-state index in [0.717, 1.165) is 24.3 Å². The lowest BCUT2D eigenvalue weighted by Crippen LogP contribution is -2.25. The average Bonchev–Trinajstić information content (AvgIpc) is 2.52. The Labute approximate surface area is 143 Å². The summed E-state index contributed by atoms with van der Waals surface area (Å²) in [5, 5.41) is 6.06. The first-order valence-corrected chi connectivity index (χ1v) is 8.02. The van der Waals surface area contributed by atoms with Gasteiger partial charge in [0.2, 0.25) is 5.95 Å². The van der Waals surface area contributed by atoms with Crippen molar-refractivity contribution in [3.8, 4) is 0 Å². The number of amides is 1.